The van der Waals surface area contributed by atoms with Gasteiger partial charge in [0.05, 0.1) is 0 Å². The summed E-state index contributed by atoms with van der Waals surface area (Å²) in [7, 11) is 0. The molecule has 0 atom stereocenters. The van der Waals surface area contributed by atoms with Gasteiger partial charge in [-0.05, 0) is 38.5 Å². The minimum absolute atomic E-state index is 0.0596. The minimum atomic E-state index is -0.952. The molecule has 0 aromatic rings. The number of carboxylic acid groups (broad SMARTS) is 1. The summed E-state index contributed by atoms with van der Waals surface area (Å²) < 4.78 is 0. The fraction of sp³-hybridized carbons (Fsp3) is 0.833. The zero-order valence-corrected chi connectivity index (χ0v) is 9.95. The van der Waals surface area contributed by atoms with Crippen molar-refractivity contribution in [2.75, 3.05) is 0 Å². The summed E-state index contributed by atoms with van der Waals surface area (Å²) in [6.07, 6.45) is 5.68. The lowest BCUT2D eigenvalue weighted by atomic mass is 9.84. The zero-order chi connectivity index (χ0) is 12.3. The highest BCUT2D eigenvalue weighted by molar-refractivity contribution is 5.79. The Hall–Kier alpha value is -1.26. The lowest BCUT2D eigenvalue weighted by Crippen LogP contribution is -2.45. The van der Waals surface area contributed by atoms with Crippen LogP contribution in [0.3, 0.4) is 0 Å². The van der Waals surface area contributed by atoms with E-state index < -0.39 is 6.09 Å². The largest absolute Gasteiger partial charge is 0.465 e. The van der Waals surface area contributed by atoms with Crippen LogP contribution >= 0.6 is 0 Å². The second-order valence-electron chi connectivity index (χ2n) is 5.13. The Kier molecular flexibility index (Phi) is 3.86. The van der Waals surface area contributed by atoms with Crippen LogP contribution in [0, 0.1) is 5.92 Å². The van der Waals surface area contributed by atoms with Gasteiger partial charge in [0, 0.05) is 18.0 Å². The van der Waals surface area contributed by atoms with E-state index in [2.05, 4.69) is 10.6 Å². The second kappa shape index (κ2) is 5.38. The fourth-order valence-corrected chi connectivity index (χ4v) is 2.55. The molecule has 0 unspecified atom stereocenters. The average molecular weight is 240 g/mol. The molecule has 17 heavy (non-hydrogen) atoms. The summed E-state index contributed by atoms with van der Waals surface area (Å²) in [6.45, 7) is 0. The summed E-state index contributed by atoms with van der Waals surface area (Å²) in [6, 6.07) is 0.305. The monoisotopic (exact) mass is 240 g/mol. The van der Waals surface area contributed by atoms with Crippen LogP contribution in [-0.4, -0.2) is 29.2 Å². The minimum Gasteiger partial charge on any atom is -0.465 e. The summed E-state index contributed by atoms with van der Waals surface area (Å²) in [5.41, 5.74) is 0. The summed E-state index contributed by atoms with van der Waals surface area (Å²) in [5.74, 6) is 0.441. The predicted octanol–water partition coefficient (Wildman–Crippen LogP) is 1.48. The first kappa shape index (κ1) is 12.2. The molecule has 2 saturated carbocycles. The van der Waals surface area contributed by atoms with Crippen LogP contribution in [0.5, 0.6) is 0 Å². The first-order valence-electron chi connectivity index (χ1n) is 6.45. The Morgan fingerprint density at radius 2 is 1.41 bits per heavy atom. The molecular weight excluding hydrogens is 220 g/mol. The Morgan fingerprint density at radius 3 is 1.82 bits per heavy atom. The molecule has 0 radical (unpaired) electrons. The molecule has 0 aromatic carbocycles. The van der Waals surface area contributed by atoms with Gasteiger partial charge in [0.2, 0.25) is 5.91 Å². The van der Waals surface area contributed by atoms with E-state index in [-0.39, 0.29) is 23.9 Å². The molecule has 3 N–H and O–H groups in total. The van der Waals surface area contributed by atoms with Gasteiger partial charge in [0.15, 0.2) is 0 Å². The number of hydrogen-bond donors (Lipinski definition) is 3. The van der Waals surface area contributed by atoms with Gasteiger partial charge in [-0.15, -0.1) is 0 Å². The van der Waals surface area contributed by atoms with E-state index in [1.807, 2.05) is 0 Å². The van der Waals surface area contributed by atoms with Crippen LogP contribution in [0.25, 0.3) is 0 Å². The Morgan fingerprint density at radius 1 is 0.882 bits per heavy atom. The van der Waals surface area contributed by atoms with E-state index in [0.29, 0.717) is 0 Å². The van der Waals surface area contributed by atoms with Crippen LogP contribution in [0.15, 0.2) is 0 Å². The number of hydrogen-bond acceptors (Lipinski definition) is 2. The quantitative estimate of drug-likeness (QED) is 0.699. The third-order valence-corrected chi connectivity index (χ3v) is 3.88. The van der Waals surface area contributed by atoms with Crippen molar-refractivity contribution in [1.82, 2.24) is 10.6 Å². The molecule has 0 spiro atoms. The molecule has 0 saturated heterocycles. The standard InChI is InChI=1S/C12H20N2O3/c15-11(8-2-1-3-8)13-9-4-6-10(7-5-9)14-12(16)17/h8-10,14H,1-7H2,(H,13,15)(H,16,17)/t9-,10-. The molecule has 96 valence electrons. The lowest BCUT2D eigenvalue weighted by Gasteiger charge is -2.31. The van der Waals surface area contributed by atoms with Gasteiger partial charge < -0.3 is 15.7 Å². The van der Waals surface area contributed by atoms with E-state index in [4.69, 9.17) is 5.11 Å². The van der Waals surface area contributed by atoms with Gasteiger partial charge in [-0.3, -0.25) is 4.79 Å². The number of carbonyl (C=O) groups excluding carboxylic acids is 1. The molecule has 5 heteroatoms. The maximum absolute atomic E-state index is 11.7. The molecule has 2 aliphatic rings. The molecule has 5 nitrogen and oxygen atoms in total. The number of amides is 2. The highest BCUT2D eigenvalue weighted by atomic mass is 16.4. The first-order valence-corrected chi connectivity index (χ1v) is 6.45. The van der Waals surface area contributed by atoms with Crippen molar-refractivity contribution in [1.29, 1.82) is 0 Å². The van der Waals surface area contributed by atoms with Crippen molar-refractivity contribution in [2.45, 2.75) is 57.0 Å². The van der Waals surface area contributed by atoms with E-state index in [9.17, 15) is 9.59 Å². The van der Waals surface area contributed by atoms with Crippen molar-refractivity contribution in [3.8, 4) is 0 Å². The van der Waals surface area contributed by atoms with Crippen LogP contribution in [0.2, 0.25) is 0 Å². The first-order chi connectivity index (χ1) is 8.15. The Balaban J connectivity index is 1.68. The number of carbonyl (C=O) groups is 2. The smallest absolute Gasteiger partial charge is 0.404 e. The normalized spacial score (nSPS) is 29.2. The molecular formula is C12H20N2O3. The topological polar surface area (TPSA) is 78.4 Å². The molecule has 0 heterocycles. The molecule has 2 amide bonds. The third-order valence-electron chi connectivity index (χ3n) is 3.88. The molecule has 0 aromatic heterocycles. The number of rotatable bonds is 3. The van der Waals surface area contributed by atoms with Crippen LogP contribution in [0.1, 0.15) is 44.9 Å². The molecule has 0 aliphatic heterocycles. The van der Waals surface area contributed by atoms with E-state index in [1.54, 1.807) is 0 Å². The maximum Gasteiger partial charge on any atom is 0.404 e. The predicted molar refractivity (Wildman–Crippen MR) is 62.7 cm³/mol. The Labute approximate surface area is 101 Å². The van der Waals surface area contributed by atoms with Crippen LogP contribution < -0.4 is 10.6 Å². The lowest BCUT2D eigenvalue weighted by molar-refractivity contribution is -0.128. The van der Waals surface area contributed by atoms with Gasteiger partial charge in [0.25, 0.3) is 0 Å². The molecule has 2 aliphatic carbocycles. The van der Waals surface area contributed by atoms with Crippen molar-refractivity contribution in [3.63, 3.8) is 0 Å². The third kappa shape index (κ3) is 3.35. The van der Waals surface area contributed by atoms with Gasteiger partial charge in [-0.25, -0.2) is 4.79 Å². The summed E-state index contributed by atoms with van der Waals surface area (Å²) in [5, 5.41) is 14.2. The van der Waals surface area contributed by atoms with Crippen molar-refractivity contribution < 1.29 is 14.7 Å². The van der Waals surface area contributed by atoms with E-state index >= 15 is 0 Å². The maximum atomic E-state index is 11.7. The SMILES string of the molecule is O=C(O)N[C@H]1CC[C@H](NC(=O)C2CCC2)CC1. The Bertz CT molecular complexity index is 294. The fourth-order valence-electron chi connectivity index (χ4n) is 2.55. The van der Waals surface area contributed by atoms with Gasteiger partial charge in [-0.1, -0.05) is 6.42 Å². The van der Waals surface area contributed by atoms with Gasteiger partial charge in [-0.2, -0.15) is 0 Å². The summed E-state index contributed by atoms with van der Waals surface area (Å²) in [4.78, 5) is 22.2. The van der Waals surface area contributed by atoms with Crippen molar-refractivity contribution in [3.05, 3.63) is 0 Å². The van der Waals surface area contributed by atoms with Gasteiger partial charge in [0.1, 0.15) is 0 Å². The van der Waals surface area contributed by atoms with E-state index in [1.165, 1.54) is 6.42 Å². The number of nitrogens with one attached hydrogen (secondary N) is 2. The molecule has 2 fully saturated rings. The van der Waals surface area contributed by atoms with Crippen molar-refractivity contribution >= 4 is 12.0 Å². The zero-order valence-electron chi connectivity index (χ0n) is 9.95. The second-order valence-corrected chi connectivity index (χ2v) is 5.13. The van der Waals surface area contributed by atoms with Crippen LogP contribution in [0.4, 0.5) is 4.79 Å². The molecule has 0 bridgehead atoms. The average Bonchev–Trinajstić information content (AvgIpc) is 2.17. The van der Waals surface area contributed by atoms with Crippen LogP contribution in [-0.2, 0) is 4.79 Å². The van der Waals surface area contributed by atoms with Gasteiger partial charge >= 0.3 is 6.09 Å². The van der Waals surface area contributed by atoms with E-state index in [0.717, 1.165) is 38.5 Å². The highest BCUT2D eigenvalue weighted by Gasteiger charge is 2.29. The summed E-state index contributed by atoms with van der Waals surface area (Å²) >= 11 is 0. The molecule has 2 rings (SSSR count). The highest BCUT2D eigenvalue weighted by Crippen LogP contribution is 2.27. The van der Waals surface area contributed by atoms with Crippen molar-refractivity contribution in [2.24, 2.45) is 5.92 Å².